The molecule has 2 bridgehead atoms. The first kappa shape index (κ1) is 21.3. The zero-order chi connectivity index (χ0) is 18.8. The van der Waals surface area contributed by atoms with Gasteiger partial charge in [-0.05, 0) is 86.5 Å². The topological polar surface area (TPSA) is 20.3 Å². The smallest absolute Gasteiger partial charge is 0.162 e. The number of hydrogen-bond donors (Lipinski definition) is 0. The van der Waals surface area contributed by atoms with Crippen molar-refractivity contribution in [3.8, 4) is 0 Å². The molecule has 0 aromatic heterocycles. The molecule has 2 aliphatic rings. The first-order valence-electron chi connectivity index (χ1n) is 9.90. The largest absolute Gasteiger partial charge is 0.297 e. The lowest BCUT2D eigenvalue weighted by Crippen LogP contribution is -2.42. The summed E-state index contributed by atoms with van der Waals surface area (Å²) in [5, 5.41) is 0.796. The van der Waals surface area contributed by atoms with Gasteiger partial charge in [0.15, 0.2) is 5.78 Å². The van der Waals surface area contributed by atoms with Crippen molar-refractivity contribution in [1.29, 1.82) is 0 Å². The van der Waals surface area contributed by atoms with Crippen LogP contribution in [0.5, 0.6) is 0 Å². The van der Waals surface area contributed by atoms with Crippen molar-refractivity contribution < 1.29 is 9.18 Å². The van der Waals surface area contributed by atoms with Gasteiger partial charge in [-0.2, -0.15) is 0 Å². The maximum absolute atomic E-state index is 13.0. The van der Waals surface area contributed by atoms with Crippen molar-refractivity contribution in [3.63, 3.8) is 0 Å². The quantitative estimate of drug-likeness (QED) is 0.511. The molecule has 2 aliphatic heterocycles. The Morgan fingerprint density at radius 3 is 2.21 bits per heavy atom. The van der Waals surface area contributed by atoms with Gasteiger partial charge in [-0.3, -0.25) is 9.69 Å². The van der Waals surface area contributed by atoms with Crippen LogP contribution in [-0.2, 0) is 0 Å². The second-order valence-electron chi connectivity index (χ2n) is 7.88. The monoisotopic (exact) mass is 421 g/mol. The molecule has 2 heterocycles. The molecule has 2 aromatic carbocycles. The molecule has 0 amide bonds. The fourth-order valence-corrected chi connectivity index (χ4v) is 4.97. The molecule has 0 radical (unpaired) electrons. The van der Waals surface area contributed by atoms with Crippen molar-refractivity contribution in [1.82, 2.24) is 4.90 Å². The van der Waals surface area contributed by atoms with E-state index in [1.165, 1.54) is 43.4 Å². The lowest BCUT2D eigenvalue weighted by Gasteiger charge is -2.39. The van der Waals surface area contributed by atoms with Crippen molar-refractivity contribution in [3.05, 3.63) is 70.5 Å². The maximum Gasteiger partial charge on any atom is 0.162 e. The van der Waals surface area contributed by atoms with E-state index in [0.717, 1.165) is 18.0 Å². The Morgan fingerprint density at radius 2 is 1.61 bits per heavy atom. The Labute approximate surface area is 177 Å². The van der Waals surface area contributed by atoms with Crippen molar-refractivity contribution in [2.45, 2.75) is 56.5 Å². The Bertz CT molecular complexity index is 779. The second-order valence-corrected chi connectivity index (χ2v) is 8.31. The Morgan fingerprint density at radius 1 is 1.00 bits per heavy atom. The summed E-state index contributed by atoms with van der Waals surface area (Å²) in [6.07, 6.45) is 6.33. The molecule has 0 spiro atoms. The van der Waals surface area contributed by atoms with Gasteiger partial charge in [-0.15, -0.1) is 12.4 Å². The summed E-state index contributed by atoms with van der Waals surface area (Å²) in [5.41, 5.74) is 2.02. The highest BCUT2D eigenvalue weighted by molar-refractivity contribution is 6.30. The van der Waals surface area contributed by atoms with Gasteiger partial charge in [-0.1, -0.05) is 23.7 Å². The summed E-state index contributed by atoms with van der Waals surface area (Å²) in [4.78, 5) is 14.9. The number of ketones is 1. The summed E-state index contributed by atoms with van der Waals surface area (Å²) in [7, 11) is 0. The summed E-state index contributed by atoms with van der Waals surface area (Å²) >= 11 is 6.02. The van der Waals surface area contributed by atoms with E-state index in [1.807, 2.05) is 12.1 Å². The third-order valence-corrected chi connectivity index (χ3v) is 6.46. The third-order valence-electron chi connectivity index (χ3n) is 6.21. The van der Waals surface area contributed by atoms with Crippen LogP contribution in [0.2, 0.25) is 5.02 Å². The van der Waals surface area contributed by atoms with Gasteiger partial charge in [0.25, 0.3) is 0 Å². The van der Waals surface area contributed by atoms with Crippen LogP contribution in [0.1, 0.15) is 60.4 Å². The van der Waals surface area contributed by atoms with Gasteiger partial charge in [0.2, 0.25) is 0 Å². The average Bonchev–Trinajstić information content (AvgIpc) is 2.90. The van der Waals surface area contributed by atoms with Crippen LogP contribution < -0.4 is 0 Å². The van der Waals surface area contributed by atoms with Gasteiger partial charge in [-0.25, -0.2) is 4.39 Å². The SMILES string of the molecule is Cl.O=C(CCCN1C2CCC1CC(c1ccc(Cl)cc1)C2)c1ccc(F)cc1. The van der Waals surface area contributed by atoms with Crippen LogP contribution in [-0.4, -0.2) is 29.3 Å². The second kappa shape index (κ2) is 9.39. The van der Waals surface area contributed by atoms with Crippen LogP contribution >= 0.6 is 24.0 Å². The van der Waals surface area contributed by atoms with Gasteiger partial charge < -0.3 is 0 Å². The number of Topliss-reactive ketones (excluding diaryl/α,β-unsaturated/α-hetero) is 1. The highest BCUT2D eigenvalue weighted by atomic mass is 35.5. The molecule has 2 fully saturated rings. The molecule has 28 heavy (non-hydrogen) atoms. The molecule has 2 aromatic rings. The molecule has 2 unspecified atom stereocenters. The number of benzene rings is 2. The van der Waals surface area contributed by atoms with Crippen LogP contribution in [0.25, 0.3) is 0 Å². The minimum Gasteiger partial charge on any atom is -0.297 e. The summed E-state index contributed by atoms with van der Waals surface area (Å²) in [6, 6.07) is 15.5. The molecule has 5 heteroatoms. The predicted molar refractivity (Wildman–Crippen MR) is 114 cm³/mol. The van der Waals surface area contributed by atoms with Crippen molar-refractivity contribution >= 4 is 29.8 Å². The number of carbonyl (C=O) groups excluding carboxylic acids is 1. The van der Waals surface area contributed by atoms with Crippen molar-refractivity contribution in [2.75, 3.05) is 6.54 Å². The third kappa shape index (κ3) is 4.76. The van der Waals surface area contributed by atoms with Crippen LogP contribution in [0, 0.1) is 5.82 Å². The van der Waals surface area contributed by atoms with E-state index in [-0.39, 0.29) is 24.0 Å². The number of rotatable bonds is 6. The Hall–Kier alpha value is -1.42. The first-order chi connectivity index (χ1) is 13.1. The minimum absolute atomic E-state index is 0. The number of carbonyl (C=O) groups is 1. The highest BCUT2D eigenvalue weighted by Gasteiger charge is 2.40. The van der Waals surface area contributed by atoms with Crippen LogP contribution in [0.3, 0.4) is 0 Å². The number of fused-ring (bicyclic) bond motifs is 2. The van der Waals surface area contributed by atoms with Gasteiger partial charge in [0, 0.05) is 29.1 Å². The van der Waals surface area contributed by atoms with Crippen molar-refractivity contribution in [2.24, 2.45) is 0 Å². The average molecular weight is 422 g/mol. The van der Waals surface area contributed by atoms with Gasteiger partial charge in [0.05, 0.1) is 0 Å². The summed E-state index contributed by atoms with van der Waals surface area (Å²) in [5.74, 6) is 0.432. The molecule has 0 N–H and O–H groups in total. The van der Waals surface area contributed by atoms with E-state index >= 15 is 0 Å². The predicted octanol–water partition coefficient (Wildman–Crippen LogP) is 6.27. The Balaban J connectivity index is 0.00000225. The summed E-state index contributed by atoms with van der Waals surface area (Å²) < 4.78 is 13.0. The fourth-order valence-electron chi connectivity index (χ4n) is 4.85. The molecule has 150 valence electrons. The number of nitrogens with zero attached hydrogens (tertiary/aromatic N) is 1. The standard InChI is InChI=1S/C23H25ClFNO.ClH/c24-19-7-3-16(4-8-19)18-14-21-11-12-22(15-18)26(21)13-1-2-23(27)17-5-9-20(25)10-6-17;/h3-10,18,21-22H,1-2,11-15H2;1H. The number of halogens is 3. The zero-order valence-corrected chi connectivity index (χ0v) is 17.4. The zero-order valence-electron chi connectivity index (χ0n) is 15.8. The Kier molecular flexibility index (Phi) is 7.14. The van der Waals surface area contributed by atoms with E-state index in [1.54, 1.807) is 12.1 Å². The number of hydrogen-bond acceptors (Lipinski definition) is 2. The molecule has 4 rings (SSSR count). The minimum atomic E-state index is -0.299. The van der Waals surface area contributed by atoms with Crippen LogP contribution in [0.15, 0.2) is 48.5 Å². The maximum atomic E-state index is 13.0. The lowest BCUT2D eigenvalue weighted by molar-refractivity contribution is 0.0948. The van der Waals surface area contributed by atoms with E-state index < -0.39 is 0 Å². The molecule has 2 saturated heterocycles. The van der Waals surface area contributed by atoms with Gasteiger partial charge >= 0.3 is 0 Å². The highest BCUT2D eigenvalue weighted by Crippen LogP contribution is 2.43. The van der Waals surface area contributed by atoms with E-state index in [2.05, 4.69) is 17.0 Å². The van der Waals surface area contributed by atoms with Gasteiger partial charge in [0.1, 0.15) is 5.82 Å². The normalized spacial score (nSPS) is 24.0. The van der Waals surface area contributed by atoms with E-state index in [0.29, 0.717) is 30.0 Å². The lowest BCUT2D eigenvalue weighted by atomic mass is 9.85. The fraction of sp³-hybridized carbons (Fsp3) is 0.435. The number of piperidine rings is 1. The molecule has 0 saturated carbocycles. The molecular formula is C23H26Cl2FNO. The van der Waals surface area contributed by atoms with Crippen LogP contribution in [0.4, 0.5) is 4.39 Å². The molecule has 2 atom stereocenters. The summed E-state index contributed by atoms with van der Waals surface area (Å²) in [6.45, 7) is 0.982. The molecular weight excluding hydrogens is 396 g/mol. The molecule has 2 nitrogen and oxygen atoms in total. The molecule has 0 aliphatic carbocycles. The van der Waals surface area contributed by atoms with E-state index in [9.17, 15) is 9.18 Å². The van der Waals surface area contributed by atoms with E-state index in [4.69, 9.17) is 11.6 Å². The first-order valence-corrected chi connectivity index (χ1v) is 10.3.